The number of thiol groups is 1. The van der Waals surface area contributed by atoms with Crippen LogP contribution >= 0.6 is 0 Å². The molecule has 0 N–H and O–H groups in total. The highest BCUT2D eigenvalue weighted by Crippen LogP contribution is 2.06. The van der Waals surface area contributed by atoms with Crippen LogP contribution in [0.4, 0.5) is 0 Å². The van der Waals surface area contributed by atoms with Crippen molar-refractivity contribution >= 4 is 10.7 Å². The van der Waals surface area contributed by atoms with Crippen molar-refractivity contribution in [1.82, 2.24) is 0 Å². The molecule has 0 aromatic heterocycles. The van der Waals surface area contributed by atoms with Gasteiger partial charge in [0, 0.05) is 0 Å². The van der Waals surface area contributed by atoms with E-state index < -0.39 is 10.7 Å². The van der Waals surface area contributed by atoms with Crippen molar-refractivity contribution in [2.45, 2.75) is 24.7 Å². The fourth-order valence-electron chi connectivity index (χ4n) is 1.07. The molecule has 0 bridgehead atoms. The Morgan fingerprint density at radius 2 is 1.75 bits per heavy atom. The summed E-state index contributed by atoms with van der Waals surface area (Å²) in [6, 6.07) is 7.03. The Kier molecular flexibility index (Phi) is 3.29. The topological polar surface area (TPSA) is 34.1 Å². The zero-order valence-electron chi connectivity index (χ0n) is 6.99. The van der Waals surface area contributed by atoms with Crippen LogP contribution in [0, 0.1) is 0 Å². The van der Waals surface area contributed by atoms with Crippen LogP contribution in [0.5, 0.6) is 0 Å². The van der Waals surface area contributed by atoms with Gasteiger partial charge in [-0.05, 0) is 24.1 Å². The molecule has 0 aliphatic carbocycles. The summed E-state index contributed by atoms with van der Waals surface area (Å²) in [5.41, 5.74) is 1.19. The molecule has 0 unspecified atom stereocenters. The van der Waals surface area contributed by atoms with E-state index in [0.29, 0.717) is 4.90 Å². The van der Waals surface area contributed by atoms with Gasteiger partial charge >= 0.3 is 0 Å². The lowest BCUT2D eigenvalue weighted by Crippen LogP contribution is -1.84. The van der Waals surface area contributed by atoms with E-state index in [2.05, 4.69) is 6.92 Å². The molecular weight excluding hydrogens is 172 g/mol. The van der Waals surface area contributed by atoms with Crippen LogP contribution in [0.1, 0.15) is 18.9 Å². The maximum atomic E-state index is 10.5. The SMILES string of the molecule is CCCc1ccc([SH](=O)=O)cc1. The molecule has 0 fully saturated rings. The highest BCUT2D eigenvalue weighted by molar-refractivity contribution is 7.72. The maximum Gasteiger partial charge on any atom is 0.168 e. The normalized spacial score (nSPS) is 10.5. The average molecular weight is 184 g/mol. The number of hydrogen-bond donors (Lipinski definition) is 1. The number of rotatable bonds is 3. The van der Waals surface area contributed by atoms with Gasteiger partial charge in [-0.15, -0.1) is 0 Å². The second-order valence-corrected chi connectivity index (χ2v) is 3.70. The lowest BCUT2D eigenvalue weighted by atomic mass is 10.1. The number of benzene rings is 1. The van der Waals surface area contributed by atoms with Gasteiger partial charge in [0.25, 0.3) is 0 Å². The first-order chi connectivity index (χ1) is 5.74. The number of aryl methyl sites for hydroxylation is 1. The van der Waals surface area contributed by atoms with E-state index in [4.69, 9.17) is 0 Å². The average Bonchev–Trinajstić information content (AvgIpc) is 2.06. The minimum absolute atomic E-state index is 0.393. The molecule has 1 aromatic rings. The summed E-state index contributed by atoms with van der Waals surface area (Å²) < 4.78 is 21.0. The van der Waals surface area contributed by atoms with Gasteiger partial charge < -0.3 is 0 Å². The van der Waals surface area contributed by atoms with Crippen molar-refractivity contribution in [3.63, 3.8) is 0 Å². The quantitative estimate of drug-likeness (QED) is 0.724. The van der Waals surface area contributed by atoms with Crippen molar-refractivity contribution in [2.75, 3.05) is 0 Å². The van der Waals surface area contributed by atoms with Gasteiger partial charge in [0.1, 0.15) is 0 Å². The summed E-state index contributed by atoms with van der Waals surface area (Å²) in [4.78, 5) is 0.393. The molecule has 0 radical (unpaired) electrons. The van der Waals surface area contributed by atoms with Crippen LogP contribution in [-0.4, -0.2) is 8.42 Å². The third-order valence-corrected chi connectivity index (χ3v) is 2.41. The van der Waals surface area contributed by atoms with Gasteiger partial charge in [0.15, 0.2) is 10.7 Å². The molecule has 0 heterocycles. The van der Waals surface area contributed by atoms with Gasteiger partial charge in [-0.2, -0.15) is 0 Å². The van der Waals surface area contributed by atoms with Gasteiger partial charge in [0.05, 0.1) is 4.90 Å². The Morgan fingerprint density at radius 3 is 2.17 bits per heavy atom. The Morgan fingerprint density at radius 1 is 1.17 bits per heavy atom. The molecule has 1 aromatic carbocycles. The summed E-state index contributed by atoms with van der Waals surface area (Å²) in [5, 5.41) is 0. The lowest BCUT2D eigenvalue weighted by molar-refractivity contribution is 0.614. The third kappa shape index (κ3) is 2.34. The summed E-state index contributed by atoms with van der Waals surface area (Å²) in [6.45, 7) is 2.10. The first-order valence-electron chi connectivity index (χ1n) is 3.97. The predicted octanol–water partition coefficient (Wildman–Crippen LogP) is 1.61. The van der Waals surface area contributed by atoms with Crippen LogP contribution in [0.25, 0.3) is 0 Å². The minimum Gasteiger partial charge on any atom is -0.227 e. The van der Waals surface area contributed by atoms with E-state index in [1.165, 1.54) is 5.56 Å². The van der Waals surface area contributed by atoms with E-state index in [0.717, 1.165) is 12.8 Å². The first-order valence-corrected chi connectivity index (χ1v) is 5.15. The lowest BCUT2D eigenvalue weighted by Gasteiger charge is -1.96. The van der Waals surface area contributed by atoms with Crippen molar-refractivity contribution in [3.05, 3.63) is 29.8 Å². The highest BCUT2D eigenvalue weighted by atomic mass is 32.2. The van der Waals surface area contributed by atoms with Crippen LogP contribution in [0.3, 0.4) is 0 Å². The summed E-state index contributed by atoms with van der Waals surface area (Å²) >= 11 is 0. The molecule has 0 amide bonds. The molecule has 1 rings (SSSR count). The molecule has 0 aliphatic rings. The Hall–Kier alpha value is -0.830. The van der Waals surface area contributed by atoms with Crippen LogP contribution in [0.2, 0.25) is 0 Å². The minimum atomic E-state index is -2.42. The molecule has 0 saturated heterocycles. The van der Waals surface area contributed by atoms with Crippen molar-refractivity contribution in [3.8, 4) is 0 Å². The maximum absolute atomic E-state index is 10.5. The highest BCUT2D eigenvalue weighted by Gasteiger charge is 1.94. The summed E-state index contributed by atoms with van der Waals surface area (Å²) in [6.07, 6.45) is 2.10. The molecule has 0 saturated carbocycles. The largest absolute Gasteiger partial charge is 0.227 e. The van der Waals surface area contributed by atoms with E-state index in [1.54, 1.807) is 12.1 Å². The fourth-order valence-corrected chi connectivity index (χ4v) is 1.47. The standard InChI is InChI=1S/C9H12O2S/c1-2-3-8-4-6-9(7-5-8)12(10)11/h4-7,12H,2-3H2,1H3. The van der Waals surface area contributed by atoms with Crippen molar-refractivity contribution in [2.24, 2.45) is 0 Å². The molecule has 0 aliphatic heterocycles. The summed E-state index contributed by atoms with van der Waals surface area (Å²) in [5.74, 6) is 0. The molecule has 0 atom stereocenters. The van der Waals surface area contributed by atoms with E-state index >= 15 is 0 Å². The Labute approximate surface area is 74.2 Å². The Balaban J connectivity index is 2.85. The number of hydrogen-bond acceptors (Lipinski definition) is 2. The van der Waals surface area contributed by atoms with E-state index in [-0.39, 0.29) is 0 Å². The fraction of sp³-hybridized carbons (Fsp3) is 0.333. The van der Waals surface area contributed by atoms with Crippen LogP contribution in [0.15, 0.2) is 29.2 Å². The van der Waals surface area contributed by atoms with Gasteiger partial charge in [-0.3, -0.25) is 0 Å². The van der Waals surface area contributed by atoms with Crippen LogP contribution < -0.4 is 0 Å². The van der Waals surface area contributed by atoms with Gasteiger partial charge in [0.2, 0.25) is 0 Å². The Bertz CT molecular complexity index is 304. The second kappa shape index (κ2) is 4.26. The van der Waals surface area contributed by atoms with Crippen LogP contribution in [-0.2, 0) is 17.1 Å². The van der Waals surface area contributed by atoms with E-state index in [9.17, 15) is 8.42 Å². The summed E-state index contributed by atoms with van der Waals surface area (Å²) in [7, 11) is -2.42. The predicted molar refractivity (Wildman–Crippen MR) is 49.0 cm³/mol. The molecule has 2 nitrogen and oxygen atoms in total. The smallest absolute Gasteiger partial charge is 0.168 e. The zero-order chi connectivity index (χ0) is 8.97. The molecular formula is C9H12O2S. The monoisotopic (exact) mass is 184 g/mol. The van der Waals surface area contributed by atoms with Crippen molar-refractivity contribution < 1.29 is 8.42 Å². The molecule has 0 spiro atoms. The van der Waals surface area contributed by atoms with Gasteiger partial charge in [-0.25, -0.2) is 8.42 Å². The molecule has 12 heavy (non-hydrogen) atoms. The van der Waals surface area contributed by atoms with Crippen molar-refractivity contribution in [1.29, 1.82) is 0 Å². The first kappa shape index (κ1) is 9.26. The third-order valence-electron chi connectivity index (χ3n) is 1.69. The molecule has 66 valence electrons. The van der Waals surface area contributed by atoms with E-state index in [1.807, 2.05) is 12.1 Å². The zero-order valence-corrected chi connectivity index (χ0v) is 7.88. The van der Waals surface area contributed by atoms with Gasteiger partial charge in [-0.1, -0.05) is 25.5 Å². The second-order valence-electron chi connectivity index (χ2n) is 2.67. The molecule has 3 heteroatoms.